The summed E-state index contributed by atoms with van der Waals surface area (Å²) >= 11 is 12.0. The Bertz CT molecular complexity index is 824. The van der Waals surface area contributed by atoms with Crippen LogP contribution in [0, 0.1) is 0 Å². The van der Waals surface area contributed by atoms with Gasteiger partial charge in [0.1, 0.15) is 17.1 Å². The van der Waals surface area contributed by atoms with Gasteiger partial charge in [0.25, 0.3) is 0 Å². The summed E-state index contributed by atoms with van der Waals surface area (Å²) in [5, 5.41) is 3.56. The molecule has 0 aliphatic heterocycles. The van der Waals surface area contributed by atoms with Gasteiger partial charge < -0.3 is 19.5 Å². The van der Waals surface area contributed by atoms with E-state index in [2.05, 4.69) is 5.32 Å². The molecule has 2 rings (SSSR count). The third-order valence-electron chi connectivity index (χ3n) is 3.69. The highest BCUT2D eigenvalue weighted by atomic mass is 35.5. The maximum atomic E-state index is 12.2. The first-order chi connectivity index (χ1) is 13.4. The molecule has 0 bridgehead atoms. The molecule has 0 aliphatic carbocycles. The van der Waals surface area contributed by atoms with E-state index in [0.29, 0.717) is 29.5 Å². The molecule has 0 fully saturated rings. The summed E-state index contributed by atoms with van der Waals surface area (Å²) < 4.78 is 15.7. The molecule has 0 saturated heterocycles. The molecule has 0 spiro atoms. The number of hydrogen-bond donors (Lipinski definition) is 1. The molecule has 150 valence electrons. The fourth-order valence-corrected chi connectivity index (χ4v) is 2.69. The van der Waals surface area contributed by atoms with Gasteiger partial charge in [-0.25, -0.2) is 4.79 Å². The monoisotopic (exact) mass is 425 g/mol. The van der Waals surface area contributed by atoms with Crippen LogP contribution in [0.4, 0.5) is 5.69 Å². The summed E-state index contributed by atoms with van der Waals surface area (Å²) in [4.78, 5) is 24.1. The number of halogens is 2. The summed E-state index contributed by atoms with van der Waals surface area (Å²) in [7, 11) is 1.42. The fraction of sp³-hybridized carbons (Fsp3) is 0.300. The number of benzene rings is 2. The van der Waals surface area contributed by atoms with Crippen molar-refractivity contribution in [3.05, 3.63) is 52.0 Å². The van der Waals surface area contributed by atoms with Crippen LogP contribution < -0.4 is 14.8 Å². The lowest BCUT2D eigenvalue weighted by Gasteiger charge is -2.13. The summed E-state index contributed by atoms with van der Waals surface area (Å²) in [6, 6.07) is 9.91. The first kappa shape index (κ1) is 21.9. The number of hydrogen-bond acceptors (Lipinski definition) is 5. The van der Waals surface area contributed by atoms with E-state index in [1.165, 1.54) is 19.2 Å². The van der Waals surface area contributed by atoms with Crippen LogP contribution in [0.1, 0.15) is 30.1 Å². The predicted molar refractivity (Wildman–Crippen MR) is 109 cm³/mol. The predicted octanol–water partition coefficient (Wildman–Crippen LogP) is 4.98. The summed E-state index contributed by atoms with van der Waals surface area (Å²) in [5.74, 6) is 0.183. The first-order valence-corrected chi connectivity index (χ1v) is 9.43. The van der Waals surface area contributed by atoms with Gasteiger partial charge in [0.05, 0.1) is 31.0 Å². The fourth-order valence-electron chi connectivity index (χ4n) is 2.35. The Morgan fingerprint density at radius 3 is 2.46 bits per heavy atom. The minimum atomic E-state index is -0.543. The Morgan fingerprint density at radius 1 is 1.11 bits per heavy atom. The van der Waals surface area contributed by atoms with Crippen LogP contribution >= 0.6 is 23.2 Å². The van der Waals surface area contributed by atoms with Crippen LogP contribution in [0.2, 0.25) is 10.0 Å². The number of nitrogens with one attached hydrogen (secondary N) is 1. The van der Waals surface area contributed by atoms with Gasteiger partial charge in [-0.05, 0) is 43.7 Å². The molecule has 6 nitrogen and oxygen atoms in total. The quantitative estimate of drug-likeness (QED) is 0.453. The first-order valence-electron chi connectivity index (χ1n) is 8.67. The second kappa shape index (κ2) is 10.8. The van der Waals surface area contributed by atoms with Crippen molar-refractivity contribution in [3.8, 4) is 11.5 Å². The third kappa shape index (κ3) is 6.32. The minimum absolute atomic E-state index is 0.198. The van der Waals surface area contributed by atoms with Crippen molar-refractivity contribution in [2.75, 3.05) is 25.6 Å². The lowest BCUT2D eigenvalue weighted by molar-refractivity contribution is -0.116. The van der Waals surface area contributed by atoms with Crippen molar-refractivity contribution >= 4 is 40.8 Å². The number of ether oxygens (including phenoxy) is 3. The molecule has 1 N–H and O–H groups in total. The third-order valence-corrected chi connectivity index (χ3v) is 4.25. The molecule has 0 heterocycles. The molecule has 0 radical (unpaired) electrons. The standard InChI is InChI=1S/C20H21Cl2NO5/c1-3-27-20(25)15-11-16(22)17(12-18(15)26-2)23-19(24)5-4-10-28-14-8-6-13(21)7-9-14/h6-9,11-12H,3-5,10H2,1-2H3,(H,23,24). The average Bonchev–Trinajstić information content (AvgIpc) is 2.68. The van der Waals surface area contributed by atoms with E-state index in [9.17, 15) is 9.59 Å². The van der Waals surface area contributed by atoms with Crippen LogP contribution in [0.5, 0.6) is 11.5 Å². The smallest absolute Gasteiger partial charge is 0.341 e. The zero-order chi connectivity index (χ0) is 20.5. The van der Waals surface area contributed by atoms with Crippen LogP contribution in [-0.2, 0) is 9.53 Å². The lowest BCUT2D eigenvalue weighted by atomic mass is 10.1. The van der Waals surface area contributed by atoms with E-state index in [-0.39, 0.29) is 35.3 Å². The van der Waals surface area contributed by atoms with Gasteiger partial charge in [0.15, 0.2) is 0 Å². The molecule has 0 atom stereocenters. The van der Waals surface area contributed by atoms with Crippen LogP contribution in [0.15, 0.2) is 36.4 Å². The van der Waals surface area contributed by atoms with E-state index < -0.39 is 5.97 Å². The van der Waals surface area contributed by atoms with Crippen molar-refractivity contribution in [1.82, 2.24) is 0 Å². The average molecular weight is 426 g/mol. The van der Waals surface area contributed by atoms with Gasteiger partial charge >= 0.3 is 5.97 Å². The summed E-state index contributed by atoms with van der Waals surface area (Å²) in [6.07, 6.45) is 0.760. The molecule has 0 aromatic heterocycles. The van der Waals surface area contributed by atoms with Crippen molar-refractivity contribution < 1.29 is 23.8 Å². The Labute approximate surface area is 173 Å². The van der Waals surface area contributed by atoms with E-state index in [1.807, 2.05) is 0 Å². The molecule has 28 heavy (non-hydrogen) atoms. The molecule has 0 unspecified atom stereocenters. The van der Waals surface area contributed by atoms with Crippen molar-refractivity contribution in [2.24, 2.45) is 0 Å². The number of amides is 1. The zero-order valence-corrected chi connectivity index (χ0v) is 17.1. The normalized spacial score (nSPS) is 10.3. The van der Waals surface area contributed by atoms with E-state index >= 15 is 0 Å². The van der Waals surface area contributed by atoms with Crippen molar-refractivity contribution in [2.45, 2.75) is 19.8 Å². The summed E-state index contributed by atoms with van der Waals surface area (Å²) in [6.45, 7) is 2.32. The number of esters is 1. The van der Waals surface area contributed by atoms with Crippen LogP contribution in [0.25, 0.3) is 0 Å². The van der Waals surface area contributed by atoms with Gasteiger partial charge in [0, 0.05) is 17.5 Å². The zero-order valence-electron chi connectivity index (χ0n) is 15.6. The Morgan fingerprint density at radius 2 is 1.82 bits per heavy atom. The minimum Gasteiger partial charge on any atom is -0.496 e. The Kier molecular flexibility index (Phi) is 8.42. The SMILES string of the molecule is CCOC(=O)c1cc(Cl)c(NC(=O)CCCOc2ccc(Cl)cc2)cc1OC. The second-order valence-electron chi connectivity index (χ2n) is 5.71. The Balaban J connectivity index is 1.90. The van der Waals surface area contributed by atoms with Crippen molar-refractivity contribution in [1.29, 1.82) is 0 Å². The molecule has 2 aromatic rings. The van der Waals surface area contributed by atoms with E-state index in [4.69, 9.17) is 37.4 Å². The molecular weight excluding hydrogens is 405 g/mol. The number of rotatable bonds is 9. The van der Waals surface area contributed by atoms with Crippen molar-refractivity contribution in [3.63, 3.8) is 0 Å². The van der Waals surface area contributed by atoms with Gasteiger partial charge in [-0.3, -0.25) is 4.79 Å². The van der Waals surface area contributed by atoms with E-state index in [0.717, 1.165) is 0 Å². The molecule has 8 heteroatoms. The number of methoxy groups -OCH3 is 1. The molecule has 0 saturated carbocycles. The number of anilines is 1. The lowest BCUT2D eigenvalue weighted by Crippen LogP contribution is -2.14. The van der Waals surface area contributed by atoms with E-state index in [1.54, 1.807) is 31.2 Å². The van der Waals surface area contributed by atoms with Gasteiger partial charge in [0.2, 0.25) is 5.91 Å². The molecule has 0 aliphatic rings. The highest BCUT2D eigenvalue weighted by Gasteiger charge is 2.18. The van der Waals surface area contributed by atoms with Crippen LogP contribution in [0.3, 0.4) is 0 Å². The molecule has 1 amide bonds. The largest absolute Gasteiger partial charge is 0.496 e. The molecular formula is C20H21Cl2NO5. The Hall–Kier alpha value is -2.44. The topological polar surface area (TPSA) is 73.9 Å². The van der Waals surface area contributed by atoms with Gasteiger partial charge in [-0.1, -0.05) is 23.2 Å². The van der Waals surface area contributed by atoms with Gasteiger partial charge in [-0.15, -0.1) is 0 Å². The van der Waals surface area contributed by atoms with Gasteiger partial charge in [-0.2, -0.15) is 0 Å². The highest BCUT2D eigenvalue weighted by Crippen LogP contribution is 2.31. The number of carbonyl (C=O) groups excluding carboxylic acids is 2. The number of carbonyl (C=O) groups is 2. The maximum absolute atomic E-state index is 12.2. The molecule has 2 aromatic carbocycles. The second-order valence-corrected chi connectivity index (χ2v) is 6.55. The summed E-state index contributed by atoms with van der Waals surface area (Å²) in [5.41, 5.74) is 0.555. The highest BCUT2D eigenvalue weighted by molar-refractivity contribution is 6.34. The van der Waals surface area contributed by atoms with Crippen LogP contribution in [-0.4, -0.2) is 32.2 Å². The maximum Gasteiger partial charge on any atom is 0.341 e.